The highest BCUT2D eigenvalue weighted by molar-refractivity contribution is 5.31. The molecular formula is C17H25N. The Morgan fingerprint density at radius 2 is 1.83 bits per heavy atom. The average Bonchev–Trinajstić information content (AvgIpc) is 2.82. The fourth-order valence-corrected chi connectivity index (χ4v) is 3.86. The largest absolute Gasteiger partial charge is 0.315 e. The fraction of sp³-hybridized carbons (Fsp3) is 0.647. The molecular weight excluding hydrogens is 218 g/mol. The van der Waals surface area contributed by atoms with Crippen LogP contribution in [-0.4, -0.2) is 13.1 Å². The van der Waals surface area contributed by atoms with Crippen molar-refractivity contribution in [2.45, 2.75) is 46.0 Å². The molecule has 1 heteroatoms. The van der Waals surface area contributed by atoms with Crippen molar-refractivity contribution in [1.29, 1.82) is 0 Å². The molecule has 2 fully saturated rings. The molecule has 98 valence electrons. The zero-order chi connectivity index (χ0) is 12.6. The minimum absolute atomic E-state index is 0.582. The van der Waals surface area contributed by atoms with Gasteiger partial charge in [0.15, 0.2) is 0 Å². The van der Waals surface area contributed by atoms with Crippen LogP contribution in [0.1, 0.15) is 42.4 Å². The van der Waals surface area contributed by atoms with Gasteiger partial charge >= 0.3 is 0 Å². The SMILES string of the molecule is Cc1ccc(CC2(C3CCCC3)CNC2)cc1C. The van der Waals surface area contributed by atoms with Gasteiger partial charge in [-0.05, 0) is 55.7 Å². The summed E-state index contributed by atoms with van der Waals surface area (Å²) in [4.78, 5) is 0. The Morgan fingerprint density at radius 3 is 2.39 bits per heavy atom. The van der Waals surface area contributed by atoms with Crippen molar-refractivity contribution in [3.63, 3.8) is 0 Å². The van der Waals surface area contributed by atoms with Crippen LogP contribution >= 0.6 is 0 Å². The summed E-state index contributed by atoms with van der Waals surface area (Å²) in [7, 11) is 0. The number of benzene rings is 1. The van der Waals surface area contributed by atoms with Crippen molar-refractivity contribution < 1.29 is 0 Å². The lowest BCUT2D eigenvalue weighted by Crippen LogP contribution is -2.58. The smallest absolute Gasteiger partial charge is 0.00261 e. The lowest BCUT2D eigenvalue weighted by atomic mass is 9.66. The third-order valence-corrected chi connectivity index (χ3v) is 5.30. The molecule has 1 saturated carbocycles. The first-order valence-electron chi connectivity index (χ1n) is 7.46. The van der Waals surface area contributed by atoms with Gasteiger partial charge in [0.1, 0.15) is 0 Å². The van der Waals surface area contributed by atoms with E-state index in [9.17, 15) is 0 Å². The molecule has 0 radical (unpaired) electrons. The Kier molecular flexibility index (Phi) is 3.19. The average molecular weight is 243 g/mol. The van der Waals surface area contributed by atoms with Crippen molar-refractivity contribution >= 4 is 0 Å². The van der Waals surface area contributed by atoms with Crippen LogP contribution in [-0.2, 0) is 6.42 Å². The lowest BCUT2D eigenvalue weighted by Gasteiger charge is -2.48. The molecule has 0 atom stereocenters. The quantitative estimate of drug-likeness (QED) is 0.855. The molecule has 1 nitrogen and oxygen atoms in total. The monoisotopic (exact) mass is 243 g/mol. The molecule has 1 heterocycles. The summed E-state index contributed by atoms with van der Waals surface area (Å²) in [5, 5.41) is 3.53. The van der Waals surface area contributed by atoms with Crippen molar-refractivity contribution in [2.24, 2.45) is 11.3 Å². The van der Waals surface area contributed by atoms with Gasteiger partial charge in [0.05, 0.1) is 0 Å². The summed E-state index contributed by atoms with van der Waals surface area (Å²) in [6, 6.07) is 7.04. The summed E-state index contributed by atoms with van der Waals surface area (Å²) in [6.07, 6.45) is 7.13. The maximum Gasteiger partial charge on any atom is 0.00261 e. The van der Waals surface area contributed by atoms with Gasteiger partial charge in [-0.2, -0.15) is 0 Å². The summed E-state index contributed by atoms with van der Waals surface area (Å²) < 4.78 is 0. The van der Waals surface area contributed by atoms with Crippen LogP contribution in [0, 0.1) is 25.2 Å². The molecule has 1 aliphatic heterocycles. The van der Waals surface area contributed by atoms with Gasteiger partial charge in [0.2, 0.25) is 0 Å². The van der Waals surface area contributed by atoms with Crippen LogP contribution in [0.3, 0.4) is 0 Å². The van der Waals surface area contributed by atoms with Gasteiger partial charge in [0.25, 0.3) is 0 Å². The van der Waals surface area contributed by atoms with Crippen LogP contribution < -0.4 is 5.32 Å². The minimum Gasteiger partial charge on any atom is -0.315 e. The number of aryl methyl sites for hydroxylation is 2. The van der Waals surface area contributed by atoms with E-state index in [1.54, 1.807) is 5.56 Å². The van der Waals surface area contributed by atoms with E-state index in [0.717, 1.165) is 5.92 Å². The number of nitrogens with one attached hydrogen (secondary N) is 1. The topological polar surface area (TPSA) is 12.0 Å². The van der Waals surface area contributed by atoms with E-state index < -0.39 is 0 Å². The first-order valence-corrected chi connectivity index (χ1v) is 7.46. The van der Waals surface area contributed by atoms with Gasteiger partial charge in [-0.15, -0.1) is 0 Å². The Bertz CT molecular complexity index is 425. The van der Waals surface area contributed by atoms with E-state index >= 15 is 0 Å². The van der Waals surface area contributed by atoms with Gasteiger partial charge in [-0.25, -0.2) is 0 Å². The van der Waals surface area contributed by atoms with Crippen molar-refractivity contribution in [3.8, 4) is 0 Å². The molecule has 1 aromatic carbocycles. The standard InChI is InChI=1S/C17H25N/c1-13-7-8-15(9-14(13)2)10-17(11-18-12-17)16-5-3-4-6-16/h7-9,16,18H,3-6,10-12H2,1-2H3. The molecule has 1 aliphatic carbocycles. The van der Waals surface area contributed by atoms with Crippen molar-refractivity contribution in [1.82, 2.24) is 5.32 Å². The minimum atomic E-state index is 0.582. The predicted molar refractivity (Wildman–Crippen MR) is 76.9 cm³/mol. The maximum absolute atomic E-state index is 3.53. The van der Waals surface area contributed by atoms with Crippen LogP contribution in [0.5, 0.6) is 0 Å². The molecule has 1 N–H and O–H groups in total. The number of hydrogen-bond acceptors (Lipinski definition) is 1. The van der Waals surface area contributed by atoms with Crippen molar-refractivity contribution in [3.05, 3.63) is 34.9 Å². The summed E-state index contributed by atoms with van der Waals surface area (Å²) in [5.41, 5.74) is 4.99. The third-order valence-electron chi connectivity index (χ3n) is 5.30. The number of rotatable bonds is 3. The fourth-order valence-electron chi connectivity index (χ4n) is 3.86. The van der Waals surface area contributed by atoms with Gasteiger partial charge < -0.3 is 5.32 Å². The molecule has 0 spiro atoms. The van der Waals surface area contributed by atoms with E-state index in [1.807, 2.05) is 0 Å². The Balaban J connectivity index is 1.78. The van der Waals surface area contributed by atoms with E-state index in [2.05, 4.69) is 37.4 Å². The lowest BCUT2D eigenvalue weighted by molar-refractivity contribution is 0.0812. The van der Waals surface area contributed by atoms with Crippen LogP contribution in [0.2, 0.25) is 0 Å². The zero-order valence-corrected chi connectivity index (χ0v) is 11.8. The molecule has 1 aromatic rings. The molecule has 0 amide bonds. The number of hydrogen-bond donors (Lipinski definition) is 1. The van der Waals surface area contributed by atoms with Crippen molar-refractivity contribution in [2.75, 3.05) is 13.1 Å². The normalized spacial score (nSPS) is 23.0. The summed E-state index contributed by atoms with van der Waals surface area (Å²) >= 11 is 0. The molecule has 2 aliphatic rings. The predicted octanol–water partition coefficient (Wildman–Crippen LogP) is 3.63. The molecule has 0 unspecified atom stereocenters. The highest BCUT2D eigenvalue weighted by Gasteiger charge is 2.44. The Hall–Kier alpha value is -0.820. The summed E-state index contributed by atoms with van der Waals surface area (Å²) in [6.45, 7) is 6.92. The Labute approximate surface area is 111 Å². The first-order chi connectivity index (χ1) is 8.70. The molecule has 18 heavy (non-hydrogen) atoms. The van der Waals surface area contributed by atoms with E-state index in [0.29, 0.717) is 5.41 Å². The Morgan fingerprint density at radius 1 is 1.11 bits per heavy atom. The zero-order valence-electron chi connectivity index (χ0n) is 11.8. The summed E-state index contributed by atoms with van der Waals surface area (Å²) in [5.74, 6) is 0.973. The third kappa shape index (κ3) is 2.09. The van der Waals surface area contributed by atoms with E-state index in [4.69, 9.17) is 0 Å². The second-order valence-corrected chi connectivity index (χ2v) is 6.54. The highest BCUT2D eigenvalue weighted by Crippen LogP contribution is 2.44. The highest BCUT2D eigenvalue weighted by atomic mass is 15.0. The second kappa shape index (κ2) is 4.70. The molecule has 1 saturated heterocycles. The first kappa shape index (κ1) is 12.2. The molecule has 0 aromatic heterocycles. The molecule has 3 rings (SSSR count). The second-order valence-electron chi connectivity index (χ2n) is 6.54. The van der Waals surface area contributed by atoms with Crippen LogP contribution in [0.15, 0.2) is 18.2 Å². The van der Waals surface area contributed by atoms with Gasteiger partial charge in [-0.3, -0.25) is 0 Å². The maximum atomic E-state index is 3.53. The van der Waals surface area contributed by atoms with Crippen LogP contribution in [0.4, 0.5) is 0 Å². The molecule has 0 bridgehead atoms. The van der Waals surface area contributed by atoms with Gasteiger partial charge in [-0.1, -0.05) is 31.0 Å². The van der Waals surface area contributed by atoms with Gasteiger partial charge in [0, 0.05) is 18.5 Å². The van der Waals surface area contributed by atoms with E-state index in [-0.39, 0.29) is 0 Å². The van der Waals surface area contributed by atoms with Crippen LogP contribution in [0.25, 0.3) is 0 Å². The van der Waals surface area contributed by atoms with E-state index in [1.165, 1.54) is 56.3 Å².